The Balaban J connectivity index is 1.48. The van der Waals surface area contributed by atoms with E-state index in [4.69, 9.17) is 23.2 Å². The quantitative estimate of drug-likeness (QED) is 0.0246. The van der Waals surface area contributed by atoms with Gasteiger partial charge < -0.3 is 20.2 Å². The normalized spacial score (nSPS) is 15.3. The van der Waals surface area contributed by atoms with Crippen molar-refractivity contribution in [3.05, 3.63) is 187 Å². The molecule has 1 aliphatic heterocycles. The monoisotopic (exact) mass is 924 g/mol. The molecular weight excluding hydrogens is 881 g/mol. The van der Waals surface area contributed by atoms with Crippen molar-refractivity contribution in [2.45, 2.75) is 57.5 Å². The predicted molar refractivity (Wildman–Crippen MR) is 252 cm³/mol. The number of benzene rings is 5. The molecule has 0 radical (unpaired) electrons. The van der Waals surface area contributed by atoms with Gasteiger partial charge in [-0.1, -0.05) is 108 Å². The molecule has 13 nitrogen and oxygen atoms in total. The second-order valence-corrected chi connectivity index (χ2v) is 16.8. The average molecular weight is 926 g/mol. The molecule has 334 valence electrons. The molecule has 5 aromatic carbocycles. The van der Waals surface area contributed by atoms with Crippen LogP contribution in [0.25, 0.3) is 28.2 Å². The van der Waals surface area contributed by atoms with Gasteiger partial charge in [0.15, 0.2) is 11.0 Å². The SMILES string of the molecule is Cc1ccc(CC2(Cc3ccccc3[N+](=O)[O-])\C(=C/C=C(C#N)/C=C/c3n(CCC(=O)O)c4cc(Cl)c(Cl)cc4[n+]3CCC(=O)O)N(CCC(=O)O)c3ccc(-c4ccccc4)cc32)cc1. The van der Waals surface area contributed by atoms with Crippen LogP contribution in [0.15, 0.2) is 139 Å². The van der Waals surface area contributed by atoms with Crippen LogP contribution in [-0.2, 0) is 45.7 Å². The average Bonchev–Trinajstić information content (AvgIpc) is 3.71. The van der Waals surface area contributed by atoms with Crippen molar-refractivity contribution in [1.82, 2.24) is 4.57 Å². The highest BCUT2D eigenvalue weighted by Crippen LogP contribution is 2.53. The summed E-state index contributed by atoms with van der Waals surface area (Å²) in [5.41, 5.74) is 6.39. The standard InChI is InChI=1S/C51H43Cl2N5O8/c1-33-11-13-34(14-12-33)30-51(31-38-9-5-6-10-42(38)58(65)66)39-27-37(36-7-3-2-4-8-36)17-18-43(39)55(24-21-48(59)60)46(51)19-15-35(32-54)16-20-47-56(25-22-49(61)62)44-28-40(52)41(53)29-45(44)57(47)26-23-50(63)64/h2-20,27-29H,21-26,30-31H2,1H3,(H2-,59,60,61,62,63,64)/p+1. The number of fused-ring (bicyclic) bond motifs is 2. The summed E-state index contributed by atoms with van der Waals surface area (Å²) in [7, 11) is 0. The molecule has 0 saturated carbocycles. The largest absolute Gasteiger partial charge is 0.481 e. The lowest BCUT2D eigenvalue weighted by Gasteiger charge is -2.34. The lowest BCUT2D eigenvalue weighted by molar-refractivity contribution is -0.673. The summed E-state index contributed by atoms with van der Waals surface area (Å²) in [5, 5.41) is 53.1. The van der Waals surface area contributed by atoms with Gasteiger partial charge in [-0.05, 0) is 72.4 Å². The summed E-state index contributed by atoms with van der Waals surface area (Å²) in [6.45, 7) is 1.98. The summed E-state index contributed by atoms with van der Waals surface area (Å²) >= 11 is 12.9. The highest BCUT2D eigenvalue weighted by atomic mass is 35.5. The lowest BCUT2D eigenvalue weighted by atomic mass is 9.69. The summed E-state index contributed by atoms with van der Waals surface area (Å²) in [6.07, 6.45) is 6.17. The fourth-order valence-corrected chi connectivity index (χ4v) is 9.04. The molecule has 0 fully saturated rings. The number of carbonyl (C=O) groups is 3. The smallest absolute Gasteiger partial charge is 0.307 e. The second kappa shape index (κ2) is 20.1. The van der Waals surface area contributed by atoms with E-state index in [1.807, 2.05) is 78.6 Å². The zero-order valence-electron chi connectivity index (χ0n) is 35.7. The Labute approximate surface area is 390 Å². The first-order chi connectivity index (χ1) is 31.7. The molecule has 66 heavy (non-hydrogen) atoms. The van der Waals surface area contributed by atoms with Gasteiger partial charge in [0.05, 0.1) is 45.9 Å². The van der Waals surface area contributed by atoms with Gasteiger partial charge >= 0.3 is 17.9 Å². The highest BCUT2D eigenvalue weighted by molar-refractivity contribution is 6.42. The number of aliphatic carboxylic acids is 3. The van der Waals surface area contributed by atoms with Gasteiger partial charge in [-0.3, -0.25) is 24.5 Å². The fourth-order valence-electron chi connectivity index (χ4n) is 8.72. The third-order valence-electron chi connectivity index (χ3n) is 11.8. The van der Waals surface area contributed by atoms with E-state index in [-0.39, 0.29) is 66.6 Å². The van der Waals surface area contributed by atoms with Crippen LogP contribution in [0.3, 0.4) is 0 Å². The number of hydrogen-bond acceptors (Lipinski definition) is 7. The van der Waals surface area contributed by atoms with Crippen LogP contribution in [0.5, 0.6) is 0 Å². The minimum absolute atomic E-state index is 0.0197. The van der Waals surface area contributed by atoms with Crippen molar-refractivity contribution in [2.75, 3.05) is 11.4 Å². The number of nitro benzene ring substituents is 1. The summed E-state index contributed by atoms with van der Waals surface area (Å²) in [4.78, 5) is 50.1. The molecule has 1 atom stereocenters. The number of imidazole rings is 1. The number of carboxylic acids is 3. The highest BCUT2D eigenvalue weighted by Gasteiger charge is 2.48. The maximum atomic E-state index is 12.6. The zero-order valence-corrected chi connectivity index (χ0v) is 37.2. The summed E-state index contributed by atoms with van der Waals surface area (Å²) in [6, 6.07) is 35.7. The minimum atomic E-state index is -1.07. The fraction of sp³-hybridized carbons (Fsp3) is 0.196. The first kappa shape index (κ1) is 46.5. The molecule has 3 N–H and O–H groups in total. The Kier molecular flexibility index (Phi) is 14.2. The van der Waals surface area contributed by atoms with E-state index in [1.54, 1.807) is 57.7 Å². The Morgan fingerprint density at radius 1 is 0.818 bits per heavy atom. The molecule has 6 aromatic rings. The molecule has 1 aliphatic rings. The van der Waals surface area contributed by atoms with Crippen LogP contribution in [0.2, 0.25) is 10.0 Å². The van der Waals surface area contributed by atoms with E-state index < -0.39 is 28.2 Å². The number of rotatable bonds is 18. The van der Waals surface area contributed by atoms with E-state index >= 15 is 0 Å². The number of hydrogen-bond donors (Lipinski definition) is 3. The molecule has 0 amide bonds. The molecule has 15 heteroatoms. The molecule has 0 spiro atoms. The zero-order chi connectivity index (χ0) is 47.1. The molecule has 1 aromatic heterocycles. The lowest BCUT2D eigenvalue weighted by Crippen LogP contribution is -2.37. The number of aryl methyl sites for hydroxylation is 3. The van der Waals surface area contributed by atoms with Crippen molar-refractivity contribution in [3.63, 3.8) is 0 Å². The Morgan fingerprint density at radius 3 is 2.17 bits per heavy atom. The summed E-state index contributed by atoms with van der Waals surface area (Å²) in [5.74, 6) is -2.78. The molecule has 2 heterocycles. The van der Waals surface area contributed by atoms with Crippen LogP contribution < -0.4 is 9.47 Å². The predicted octanol–water partition coefficient (Wildman–Crippen LogP) is 10.1. The van der Waals surface area contributed by atoms with E-state index in [1.165, 1.54) is 12.1 Å². The number of anilines is 1. The number of halogens is 2. The van der Waals surface area contributed by atoms with Crippen molar-refractivity contribution in [1.29, 1.82) is 5.26 Å². The maximum absolute atomic E-state index is 12.6. The molecule has 0 bridgehead atoms. The number of aromatic nitrogens is 2. The van der Waals surface area contributed by atoms with Gasteiger partial charge in [0, 0.05) is 53.2 Å². The van der Waals surface area contributed by atoms with Crippen molar-refractivity contribution >= 4 is 69.6 Å². The van der Waals surface area contributed by atoms with Crippen molar-refractivity contribution in [3.8, 4) is 17.2 Å². The number of nitriles is 1. The van der Waals surface area contributed by atoms with Crippen LogP contribution in [0.4, 0.5) is 11.4 Å². The Bertz CT molecular complexity index is 2950. The van der Waals surface area contributed by atoms with Gasteiger partial charge in [0.1, 0.15) is 13.1 Å². The van der Waals surface area contributed by atoms with Crippen LogP contribution in [0.1, 0.15) is 47.3 Å². The van der Waals surface area contributed by atoms with Crippen molar-refractivity contribution in [2.24, 2.45) is 0 Å². The third-order valence-corrected chi connectivity index (χ3v) is 12.5. The first-order valence-corrected chi connectivity index (χ1v) is 21.8. The number of nitro groups is 1. The third kappa shape index (κ3) is 10.1. The Morgan fingerprint density at radius 2 is 1.48 bits per heavy atom. The number of carboxylic acid groups (broad SMARTS) is 3. The molecule has 0 saturated heterocycles. The van der Waals surface area contributed by atoms with Gasteiger partial charge in [0.25, 0.3) is 11.5 Å². The molecular formula is C51H44Cl2N5O8+. The number of para-hydroxylation sites is 1. The van der Waals surface area contributed by atoms with E-state index in [0.29, 0.717) is 34.5 Å². The maximum Gasteiger partial charge on any atom is 0.307 e. The topological polar surface area (TPSA) is 191 Å². The minimum Gasteiger partial charge on any atom is -0.481 e. The van der Waals surface area contributed by atoms with Crippen LogP contribution in [0, 0.1) is 28.4 Å². The van der Waals surface area contributed by atoms with E-state index in [0.717, 1.165) is 33.5 Å². The van der Waals surface area contributed by atoms with Gasteiger partial charge in [-0.15, -0.1) is 0 Å². The number of allylic oxidation sites excluding steroid dienone is 5. The molecule has 1 unspecified atom stereocenters. The summed E-state index contributed by atoms with van der Waals surface area (Å²) < 4.78 is 3.37. The Hall–Kier alpha value is -7.53. The van der Waals surface area contributed by atoms with Crippen LogP contribution in [-0.4, -0.2) is 49.3 Å². The van der Waals surface area contributed by atoms with E-state index in [2.05, 4.69) is 12.1 Å². The van der Waals surface area contributed by atoms with Crippen LogP contribution >= 0.6 is 23.2 Å². The number of nitrogens with zero attached hydrogens (tertiary/aromatic N) is 5. The van der Waals surface area contributed by atoms with Crippen molar-refractivity contribution < 1.29 is 39.2 Å². The first-order valence-electron chi connectivity index (χ1n) is 21.0. The molecule has 0 aliphatic carbocycles. The van der Waals surface area contributed by atoms with E-state index in [9.17, 15) is 45.1 Å². The van der Waals surface area contributed by atoms with Gasteiger partial charge in [-0.2, -0.15) is 5.26 Å². The van der Waals surface area contributed by atoms with Gasteiger partial charge in [0.2, 0.25) is 0 Å². The van der Waals surface area contributed by atoms with Gasteiger partial charge in [-0.25, -0.2) is 9.13 Å². The second-order valence-electron chi connectivity index (χ2n) is 16.0. The molecule has 7 rings (SSSR count).